The zero-order valence-corrected chi connectivity index (χ0v) is 17.5. The number of para-hydroxylation sites is 1. The Bertz CT molecular complexity index is 934. The fraction of sp³-hybridized carbons (Fsp3) is 0.429. The van der Waals surface area contributed by atoms with Crippen LogP contribution in [0.25, 0.3) is 0 Å². The van der Waals surface area contributed by atoms with E-state index in [1.165, 1.54) is 15.3 Å². The number of alkyl halides is 3. The molecule has 2 aliphatic rings. The lowest BCUT2D eigenvalue weighted by Gasteiger charge is -2.38. The van der Waals surface area contributed by atoms with Gasteiger partial charge in [0.1, 0.15) is 0 Å². The Morgan fingerprint density at radius 3 is 2.30 bits per heavy atom. The number of likely N-dealkylation sites (tertiary alicyclic amines) is 1. The highest BCUT2D eigenvalue weighted by Gasteiger charge is 2.50. The Morgan fingerprint density at radius 2 is 1.77 bits per heavy atom. The quantitative estimate of drug-likeness (QED) is 0.761. The summed E-state index contributed by atoms with van der Waals surface area (Å²) in [4.78, 5) is 29.0. The lowest BCUT2D eigenvalue weighted by atomic mass is 9.73. The summed E-state index contributed by atoms with van der Waals surface area (Å²) >= 11 is 1.88. The number of rotatable bonds is 2. The average Bonchev–Trinajstić information content (AvgIpc) is 3.19. The Labute approximate surface area is 176 Å². The van der Waals surface area contributed by atoms with Gasteiger partial charge in [-0.1, -0.05) is 18.2 Å². The Kier molecular flexibility index (Phi) is 6.24. The standard InChI is InChI=1S/C19H22N2OS.C2HF3O2/c1-14-7-8-15(23-14)13-21-11-9-19(10-12-21)16-5-3-4-6-17(16)20(2)18(19)22;3-2(4,5)1(6)7/h3-8H,9-13H2,1-2H3;(H,6,7). The summed E-state index contributed by atoms with van der Waals surface area (Å²) in [5, 5.41) is 7.12. The fourth-order valence-electron chi connectivity index (χ4n) is 4.08. The first-order chi connectivity index (χ1) is 14.0. The van der Waals surface area contributed by atoms with Crippen molar-refractivity contribution in [3.05, 3.63) is 51.7 Å². The lowest BCUT2D eigenvalue weighted by molar-refractivity contribution is -0.192. The third-order valence-corrected chi connectivity index (χ3v) is 6.61. The maximum Gasteiger partial charge on any atom is 0.490 e. The minimum absolute atomic E-state index is 0.283. The Balaban J connectivity index is 0.000000318. The molecule has 0 saturated carbocycles. The molecule has 162 valence electrons. The summed E-state index contributed by atoms with van der Waals surface area (Å²) in [5.74, 6) is -2.47. The third kappa shape index (κ3) is 4.37. The van der Waals surface area contributed by atoms with E-state index < -0.39 is 12.1 Å². The van der Waals surface area contributed by atoms with Crippen LogP contribution in [-0.4, -0.2) is 48.2 Å². The zero-order chi connectivity index (χ0) is 22.1. The van der Waals surface area contributed by atoms with Crippen molar-refractivity contribution in [3.63, 3.8) is 0 Å². The molecule has 0 unspecified atom stereocenters. The lowest BCUT2D eigenvalue weighted by Crippen LogP contribution is -2.47. The number of carboxylic acids is 1. The fourth-order valence-corrected chi connectivity index (χ4v) is 5.02. The van der Waals surface area contributed by atoms with Crippen molar-refractivity contribution >= 4 is 28.9 Å². The second-order valence-electron chi connectivity index (χ2n) is 7.55. The molecule has 2 aliphatic heterocycles. The number of nitrogens with zero attached hydrogens (tertiary/aromatic N) is 2. The van der Waals surface area contributed by atoms with Gasteiger partial charge in [0, 0.05) is 29.0 Å². The number of anilines is 1. The van der Waals surface area contributed by atoms with Gasteiger partial charge in [0.15, 0.2) is 0 Å². The van der Waals surface area contributed by atoms with E-state index in [-0.39, 0.29) is 11.3 Å². The summed E-state index contributed by atoms with van der Waals surface area (Å²) in [6.45, 7) is 5.15. The van der Waals surface area contributed by atoms with Crippen molar-refractivity contribution in [2.45, 2.75) is 37.9 Å². The van der Waals surface area contributed by atoms with Gasteiger partial charge in [-0.3, -0.25) is 9.69 Å². The predicted octanol–water partition coefficient (Wildman–Crippen LogP) is 4.20. The molecule has 0 radical (unpaired) electrons. The van der Waals surface area contributed by atoms with E-state index in [2.05, 4.69) is 42.2 Å². The van der Waals surface area contributed by atoms with Gasteiger partial charge < -0.3 is 10.0 Å². The van der Waals surface area contributed by atoms with Crippen LogP contribution in [0.15, 0.2) is 36.4 Å². The van der Waals surface area contributed by atoms with Crippen LogP contribution < -0.4 is 4.90 Å². The summed E-state index contributed by atoms with van der Waals surface area (Å²) in [6.07, 6.45) is -3.23. The van der Waals surface area contributed by atoms with Gasteiger partial charge >= 0.3 is 12.1 Å². The average molecular weight is 440 g/mol. The molecule has 3 heterocycles. The largest absolute Gasteiger partial charge is 0.490 e. The summed E-state index contributed by atoms with van der Waals surface area (Å²) in [5.41, 5.74) is 2.05. The topological polar surface area (TPSA) is 60.9 Å². The number of piperidine rings is 1. The third-order valence-electron chi connectivity index (χ3n) is 5.62. The van der Waals surface area contributed by atoms with E-state index in [1.807, 2.05) is 29.4 Å². The second-order valence-corrected chi connectivity index (χ2v) is 8.93. The molecular formula is C21H23F3N2O3S. The molecule has 9 heteroatoms. The molecular weight excluding hydrogens is 417 g/mol. The van der Waals surface area contributed by atoms with Crippen molar-refractivity contribution in [3.8, 4) is 0 Å². The molecule has 1 fully saturated rings. The van der Waals surface area contributed by atoms with Gasteiger partial charge in [0.05, 0.1) is 5.41 Å². The van der Waals surface area contributed by atoms with E-state index in [9.17, 15) is 18.0 Å². The highest BCUT2D eigenvalue weighted by molar-refractivity contribution is 7.11. The molecule has 0 atom stereocenters. The van der Waals surface area contributed by atoms with Crippen LogP contribution in [0.1, 0.15) is 28.2 Å². The molecule has 1 amide bonds. The Morgan fingerprint density at radius 1 is 1.17 bits per heavy atom. The van der Waals surface area contributed by atoms with Gasteiger partial charge in [-0.2, -0.15) is 13.2 Å². The number of halogens is 3. The molecule has 1 saturated heterocycles. The van der Waals surface area contributed by atoms with Gasteiger partial charge in [0.2, 0.25) is 5.91 Å². The first-order valence-electron chi connectivity index (χ1n) is 9.50. The SMILES string of the molecule is Cc1ccc(CN2CCC3(CC2)C(=O)N(C)c2ccccc23)s1.O=C(O)C(F)(F)F. The van der Waals surface area contributed by atoms with Gasteiger partial charge in [-0.25, -0.2) is 4.79 Å². The van der Waals surface area contributed by atoms with E-state index in [4.69, 9.17) is 9.90 Å². The highest BCUT2D eigenvalue weighted by Crippen LogP contribution is 2.47. The van der Waals surface area contributed by atoms with Crippen molar-refractivity contribution in [1.82, 2.24) is 4.90 Å². The molecule has 4 rings (SSSR count). The minimum atomic E-state index is -5.08. The van der Waals surface area contributed by atoms with Crippen LogP contribution in [0.5, 0.6) is 0 Å². The van der Waals surface area contributed by atoms with E-state index in [0.29, 0.717) is 0 Å². The smallest absolute Gasteiger partial charge is 0.475 e. The number of aryl methyl sites for hydroxylation is 1. The Hall–Kier alpha value is -2.39. The van der Waals surface area contributed by atoms with Crippen molar-refractivity contribution in [2.75, 3.05) is 25.0 Å². The van der Waals surface area contributed by atoms with Crippen molar-refractivity contribution in [2.24, 2.45) is 0 Å². The van der Waals surface area contributed by atoms with Crippen molar-refractivity contribution < 1.29 is 27.9 Å². The van der Waals surface area contributed by atoms with E-state index in [1.54, 1.807) is 0 Å². The maximum absolute atomic E-state index is 12.9. The number of hydrogen-bond donors (Lipinski definition) is 1. The second kappa shape index (κ2) is 8.39. The number of benzene rings is 1. The van der Waals surface area contributed by atoms with Crippen LogP contribution in [0.2, 0.25) is 0 Å². The first kappa shape index (κ1) is 22.3. The van der Waals surface area contributed by atoms with Crippen LogP contribution in [0.3, 0.4) is 0 Å². The minimum Gasteiger partial charge on any atom is -0.475 e. The number of likely N-dealkylation sites (N-methyl/N-ethyl adjacent to an activating group) is 1. The van der Waals surface area contributed by atoms with Gasteiger partial charge in [-0.05, 0) is 56.6 Å². The summed E-state index contributed by atoms with van der Waals surface area (Å²) in [7, 11) is 1.91. The molecule has 0 bridgehead atoms. The molecule has 30 heavy (non-hydrogen) atoms. The van der Waals surface area contributed by atoms with Gasteiger partial charge in [0.25, 0.3) is 0 Å². The number of carboxylic acid groups (broad SMARTS) is 1. The molecule has 0 aliphatic carbocycles. The monoisotopic (exact) mass is 440 g/mol. The van der Waals surface area contributed by atoms with Crippen LogP contribution >= 0.6 is 11.3 Å². The van der Waals surface area contributed by atoms with Crippen LogP contribution in [0.4, 0.5) is 18.9 Å². The molecule has 2 aromatic rings. The number of thiophene rings is 1. The highest BCUT2D eigenvalue weighted by atomic mass is 32.1. The molecule has 1 aromatic carbocycles. The number of hydrogen-bond acceptors (Lipinski definition) is 4. The maximum atomic E-state index is 12.9. The van der Waals surface area contributed by atoms with Crippen LogP contribution in [0, 0.1) is 6.92 Å². The predicted molar refractivity (Wildman–Crippen MR) is 109 cm³/mol. The molecule has 5 nitrogen and oxygen atoms in total. The summed E-state index contributed by atoms with van der Waals surface area (Å²) < 4.78 is 31.7. The van der Waals surface area contributed by atoms with E-state index >= 15 is 0 Å². The number of fused-ring (bicyclic) bond motifs is 2. The molecule has 1 N–H and O–H groups in total. The number of carbonyl (C=O) groups is 2. The number of amides is 1. The van der Waals surface area contributed by atoms with Crippen molar-refractivity contribution in [1.29, 1.82) is 0 Å². The number of aliphatic carboxylic acids is 1. The first-order valence-corrected chi connectivity index (χ1v) is 10.3. The zero-order valence-electron chi connectivity index (χ0n) is 16.7. The summed E-state index contributed by atoms with van der Waals surface area (Å²) in [6, 6.07) is 12.7. The van der Waals surface area contributed by atoms with Gasteiger partial charge in [-0.15, -0.1) is 11.3 Å². The normalized spacial score (nSPS) is 18.2. The number of carbonyl (C=O) groups excluding carboxylic acids is 1. The van der Waals surface area contributed by atoms with E-state index in [0.717, 1.165) is 38.2 Å². The van der Waals surface area contributed by atoms with Crippen LogP contribution in [-0.2, 0) is 21.5 Å². The molecule has 1 spiro atoms. The molecule has 1 aromatic heterocycles.